The fourth-order valence-electron chi connectivity index (χ4n) is 3.48. The van der Waals surface area contributed by atoms with E-state index in [0.717, 1.165) is 39.0 Å². The lowest BCUT2D eigenvalue weighted by atomic mass is 10.1. The first-order valence-electron chi connectivity index (χ1n) is 9.20. The highest BCUT2D eigenvalue weighted by molar-refractivity contribution is 7.09. The van der Waals surface area contributed by atoms with E-state index >= 15 is 0 Å². The van der Waals surface area contributed by atoms with Crippen molar-refractivity contribution in [2.24, 2.45) is 0 Å². The minimum atomic E-state index is 0. The molecule has 0 aliphatic carbocycles. The molecule has 1 fully saturated rings. The van der Waals surface area contributed by atoms with Crippen molar-refractivity contribution >= 4 is 36.2 Å². The third-order valence-corrected chi connectivity index (χ3v) is 5.82. The molecule has 7 heteroatoms. The van der Waals surface area contributed by atoms with Gasteiger partial charge in [-0.05, 0) is 23.6 Å². The fourth-order valence-corrected chi connectivity index (χ4v) is 4.27. The average molecular weight is 437 g/mol. The van der Waals surface area contributed by atoms with Crippen LogP contribution in [0.4, 0.5) is 0 Å². The summed E-state index contributed by atoms with van der Waals surface area (Å²) in [5, 5.41) is 6.96. The van der Waals surface area contributed by atoms with Gasteiger partial charge < -0.3 is 5.32 Å². The zero-order chi connectivity index (χ0) is 17.6. The maximum atomic E-state index is 4.89. The van der Waals surface area contributed by atoms with Crippen molar-refractivity contribution in [2.75, 3.05) is 19.6 Å². The van der Waals surface area contributed by atoms with Crippen molar-refractivity contribution in [2.45, 2.75) is 25.4 Å². The van der Waals surface area contributed by atoms with Gasteiger partial charge in [0, 0.05) is 56.4 Å². The number of pyridine rings is 1. The molecule has 28 heavy (non-hydrogen) atoms. The van der Waals surface area contributed by atoms with E-state index in [9.17, 15) is 0 Å². The second kappa shape index (κ2) is 11.5. The van der Waals surface area contributed by atoms with Crippen LogP contribution >= 0.6 is 36.2 Å². The second-order valence-corrected chi connectivity index (χ2v) is 7.64. The Morgan fingerprint density at radius 3 is 2.71 bits per heavy atom. The minimum absolute atomic E-state index is 0. The zero-order valence-corrected chi connectivity index (χ0v) is 18.1. The van der Waals surface area contributed by atoms with Crippen LogP contribution in [0.15, 0.2) is 60.2 Å². The Morgan fingerprint density at radius 2 is 1.93 bits per heavy atom. The van der Waals surface area contributed by atoms with Gasteiger partial charge in [0.1, 0.15) is 0 Å². The molecule has 1 aliphatic heterocycles. The van der Waals surface area contributed by atoms with E-state index in [1.165, 1.54) is 21.8 Å². The molecule has 1 unspecified atom stereocenters. The van der Waals surface area contributed by atoms with E-state index in [2.05, 4.69) is 57.0 Å². The van der Waals surface area contributed by atoms with Gasteiger partial charge in [-0.25, -0.2) is 4.98 Å². The number of hydrogen-bond acceptors (Lipinski definition) is 5. The Morgan fingerprint density at radius 1 is 1.07 bits per heavy atom. The Balaban J connectivity index is 0.00000140. The molecule has 0 bridgehead atoms. The quantitative estimate of drug-likeness (QED) is 0.624. The van der Waals surface area contributed by atoms with Gasteiger partial charge in [-0.15, -0.1) is 36.2 Å². The zero-order valence-electron chi connectivity index (χ0n) is 15.7. The molecule has 1 N–H and O–H groups in total. The minimum Gasteiger partial charge on any atom is -0.314 e. The molecule has 1 atom stereocenters. The highest BCUT2D eigenvalue weighted by Crippen LogP contribution is 2.24. The summed E-state index contributed by atoms with van der Waals surface area (Å²) < 4.78 is 0. The van der Waals surface area contributed by atoms with Crippen molar-refractivity contribution in [1.29, 1.82) is 0 Å². The van der Waals surface area contributed by atoms with E-state index in [1.54, 1.807) is 11.3 Å². The van der Waals surface area contributed by atoms with Crippen molar-refractivity contribution in [1.82, 2.24) is 20.2 Å². The normalized spacial score (nSPS) is 16.8. The molecule has 0 saturated carbocycles. The van der Waals surface area contributed by atoms with Crippen LogP contribution in [-0.4, -0.2) is 34.5 Å². The van der Waals surface area contributed by atoms with Crippen molar-refractivity contribution < 1.29 is 0 Å². The number of nitrogens with zero attached hydrogens (tertiary/aromatic N) is 3. The van der Waals surface area contributed by atoms with Crippen LogP contribution in [0.25, 0.3) is 0 Å². The van der Waals surface area contributed by atoms with Gasteiger partial charge in [-0.1, -0.05) is 36.4 Å². The molecular weight excluding hydrogens is 411 g/mol. The number of benzene rings is 1. The predicted octanol–water partition coefficient (Wildman–Crippen LogP) is 4.31. The highest BCUT2D eigenvalue weighted by Gasteiger charge is 2.24. The Bertz CT molecular complexity index is 814. The SMILES string of the molecule is Cl.Cl.c1ccc(CCc2nc(CN3CCNCC3c3cccnc3)cs2)cc1. The number of nitrogens with one attached hydrogen (secondary N) is 1. The van der Waals surface area contributed by atoms with Crippen LogP contribution in [-0.2, 0) is 19.4 Å². The highest BCUT2D eigenvalue weighted by atomic mass is 35.5. The molecule has 1 aromatic carbocycles. The van der Waals surface area contributed by atoms with Gasteiger partial charge in [0.05, 0.1) is 10.7 Å². The molecule has 4 nitrogen and oxygen atoms in total. The summed E-state index contributed by atoms with van der Waals surface area (Å²) in [5.41, 5.74) is 3.84. The van der Waals surface area contributed by atoms with E-state index in [-0.39, 0.29) is 24.8 Å². The third kappa shape index (κ3) is 6.00. The van der Waals surface area contributed by atoms with Gasteiger partial charge in [0.15, 0.2) is 0 Å². The maximum absolute atomic E-state index is 4.89. The molecule has 0 amide bonds. The number of piperazine rings is 1. The fraction of sp³-hybridized carbons (Fsp3) is 0.333. The summed E-state index contributed by atoms with van der Waals surface area (Å²) in [6.45, 7) is 3.94. The largest absolute Gasteiger partial charge is 0.314 e. The number of aromatic nitrogens is 2. The average Bonchev–Trinajstić information content (AvgIpc) is 3.16. The van der Waals surface area contributed by atoms with Gasteiger partial charge in [-0.3, -0.25) is 9.88 Å². The molecule has 2 aromatic heterocycles. The van der Waals surface area contributed by atoms with Gasteiger partial charge >= 0.3 is 0 Å². The summed E-state index contributed by atoms with van der Waals surface area (Å²) >= 11 is 1.79. The summed E-state index contributed by atoms with van der Waals surface area (Å²) in [7, 11) is 0. The van der Waals surface area contributed by atoms with Gasteiger partial charge in [0.25, 0.3) is 0 Å². The second-order valence-electron chi connectivity index (χ2n) is 6.69. The van der Waals surface area contributed by atoms with Crippen LogP contribution in [0.5, 0.6) is 0 Å². The lowest BCUT2D eigenvalue weighted by molar-refractivity contribution is 0.152. The molecular formula is C21H26Cl2N4S. The Labute approximate surface area is 183 Å². The first kappa shape index (κ1) is 22.8. The van der Waals surface area contributed by atoms with Crippen molar-refractivity contribution in [3.05, 3.63) is 82.1 Å². The number of halogens is 2. The van der Waals surface area contributed by atoms with Gasteiger partial charge in [-0.2, -0.15) is 0 Å². The molecule has 150 valence electrons. The van der Waals surface area contributed by atoms with Crippen LogP contribution in [0, 0.1) is 0 Å². The van der Waals surface area contributed by atoms with E-state index in [4.69, 9.17) is 4.98 Å². The predicted molar refractivity (Wildman–Crippen MR) is 121 cm³/mol. The van der Waals surface area contributed by atoms with E-state index < -0.39 is 0 Å². The molecule has 3 heterocycles. The topological polar surface area (TPSA) is 41.1 Å². The number of thiazole rings is 1. The first-order chi connectivity index (χ1) is 12.9. The Kier molecular flexibility index (Phi) is 9.35. The maximum Gasteiger partial charge on any atom is 0.0932 e. The number of aryl methyl sites for hydroxylation is 2. The van der Waals surface area contributed by atoms with Crippen LogP contribution < -0.4 is 5.32 Å². The summed E-state index contributed by atoms with van der Waals surface area (Å²) in [6.07, 6.45) is 5.89. The monoisotopic (exact) mass is 436 g/mol. The van der Waals surface area contributed by atoms with Gasteiger partial charge in [0.2, 0.25) is 0 Å². The van der Waals surface area contributed by atoms with Crippen LogP contribution in [0.2, 0.25) is 0 Å². The lowest BCUT2D eigenvalue weighted by Gasteiger charge is -2.35. The standard InChI is InChI=1S/C21H24N4S.2ClH/c1-2-5-17(6-3-1)8-9-21-24-19(16-26-21)15-25-12-11-23-14-20(25)18-7-4-10-22-13-18;;/h1-7,10,13,16,20,23H,8-9,11-12,14-15H2;2*1H. The molecule has 0 spiro atoms. The van der Waals surface area contributed by atoms with Crippen LogP contribution in [0.1, 0.15) is 27.9 Å². The van der Waals surface area contributed by atoms with E-state index in [0.29, 0.717) is 6.04 Å². The Hall–Kier alpha value is -1.50. The summed E-state index contributed by atoms with van der Waals surface area (Å²) in [4.78, 5) is 11.7. The molecule has 1 saturated heterocycles. The van der Waals surface area contributed by atoms with Crippen molar-refractivity contribution in [3.63, 3.8) is 0 Å². The first-order valence-corrected chi connectivity index (χ1v) is 10.1. The third-order valence-electron chi connectivity index (χ3n) is 4.86. The number of rotatable bonds is 6. The summed E-state index contributed by atoms with van der Waals surface area (Å²) in [5.74, 6) is 0. The number of hydrogen-bond donors (Lipinski definition) is 1. The smallest absolute Gasteiger partial charge is 0.0932 e. The summed E-state index contributed by atoms with van der Waals surface area (Å²) in [6, 6.07) is 15.2. The molecule has 3 aromatic rings. The molecule has 0 radical (unpaired) electrons. The molecule has 1 aliphatic rings. The van der Waals surface area contributed by atoms with Crippen LogP contribution in [0.3, 0.4) is 0 Å². The molecule has 4 rings (SSSR count). The van der Waals surface area contributed by atoms with Crippen molar-refractivity contribution in [3.8, 4) is 0 Å². The van der Waals surface area contributed by atoms with E-state index in [1.807, 2.05) is 18.5 Å². The lowest BCUT2D eigenvalue weighted by Crippen LogP contribution is -2.45.